The number of aromatic nitrogens is 1. The smallest absolute Gasteiger partial charge is 0.167 e. The first kappa shape index (κ1) is 10.3. The Hall–Kier alpha value is -1.22. The summed E-state index contributed by atoms with van der Waals surface area (Å²) >= 11 is 5.99. The number of methoxy groups -OCH3 is 1. The second kappa shape index (κ2) is 3.42. The highest BCUT2D eigenvalue weighted by atomic mass is 35.5. The highest BCUT2D eigenvalue weighted by molar-refractivity contribution is 6.35. The molecule has 4 heteroatoms. The van der Waals surface area contributed by atoms with Gasteiger partial charge in [-0.3, -0.25) is 0 Å². The summed E-state index contributed by atoms with van der Waals surface area (Å²) in [5.41, 5.74) is 1.81. The molecule has 0 aliphatic rings. The van der Waals surface area contributed by atoms with Crippen LogP contribution < -0.4 is 4.74 Å². The Morgan fingerprint density at radius 3 is 2.67 bits per heavy atom. The van der Waals surface area contributed by atoms with Gasteiger partial charge in [0.2, 0.25) is 0 Å². The molecule has 0 fully saturated rings. The molecule has 0 aliphatic carbocycles. The Labute approximate surface area is 92.2 Å². The summed E-state index contributed by atoms with van der Waals surface area (Å²) in [6.45, 7) is 1.94. The molecule has 1 aromatic carbocycles. The summed E-state index contributed by atoms with van der Waals surface area (Å²) in [5.74, 6) is -0.182. The van der Waals surface area contributed by atoms with Crippen molar-refractivity contribution in [3.63, 3.8) is 0 Å². The molecular formula is C11H11ClFNO. The van der Waals surface area contributed by atoms with E-state index in [0.29, 0.717) is 10.4 Å². The molecule has 1 aromatic heterocycles. The molecule has 0 atom stereocenters. The minimum absolute atomic E-state index is 0.248. The third-order valence-corrected chi connectivity index (χ3v) is 2.91. The Bertz CT molecular complexity index is 533. The highest BCUT2D eigenvalue weighted by Gasteiger charge is 2.15. The highest BCUT2D eigenvalue weighted by Crippen LogP contribution is 2.35. The molecule has 0 saturated carbocycles. The summed E-state index contributed by atoms with van der Waals surface area (Å²) in [7, 11) is 3.34. The van der Waals surface area contributed by atoms with E-state index in [0.717, 1.165) is 11.2 Å². The van der Waals surface area contributed by atoms with Crippen molar-refractivity contribution in [3.05, 3.63) is 28.7 Å². The minimum atomic E-state index is -0.430. The molecule has 0 saturated heterocycles. The molecule has 0 bridgehead atoms. The zero-order valence-electron chi connectivity index (χ0n) is 8.77. The molecule has 2 nitrogen and oxygen atoms in total. The molecule has 80 valence electrons. The Morgan fingerprint density at radius 1 is 1.40 bits per heavy atom. The summed E-state index contributed by atoms with van der Waals surface area (Å²) < 4.78 is 20.5. The number of ether oxygens (including phenoxy) is 1. The molecule has 1 heterocycles. The van der Waals surface area contributed by atoms with E-state index in [2.05, 4.69) is 0 Å². The standard InChI is InChI=1S/C11H11ClFNO/c1-6-4-7-10(14(6)2)8(12)5-9(13)11(7)15-3/h4-5H,1-3H3. The van der Waals surface area contributed by atoms with Gasteiger partial charge in [0.05, 0.1) is 17.6 Å². The number of aryl methyl sites for hydroxylation is 2. The maximum absolute atomic E-state index is 13.5. The van der Waals surface area contributed by atoms with Crippen molar-refractivity contribution in [2.75, 3.05) is 7.11 Å². The largest absolute Gasteiger partial charge is 0.493 e. The van der Waals surface area contributed by atoms with Gasteiger partial charge in [-0.2, -0.15) is 0 Å². The third-order valence-electron chi connectivity index (χ3n) is 2.62. The molecule has 2 aromatic rings. The van der Waals surface area contributed by atoms with Crippen LogP contribution in [0.15, 0.2) is 12.1 Å². The van der Waals surface area contributed by atoms with Crippen molar-refractivity contribution in [2.24, 2.45) is 7.05 Å². The lowest BCUT2D eigenvalue weighted by molar-refractivity contribution is 0.392. The minimum Gasteiger partial charge on any atom is -0.493 e. The average Bonchev–Trinajstić information content (AvgIpc) is 2.44. The zero-order chi connectivity index (χ0) is 11.2. The van der Waals surface area contributed by atoms with Crippen LogP contribution in [0.5, 0.6) is 5.75 Å². The van der Waals surface area contributed by atoms with E-state index in [1.54, 1.807) is 0 Å². The number of halogens is 2. The third kappa shape index (κ3) is 1.38. The molecule has 15 heavy (non-hydrogen) atoms. The Morgan fingerprint density at radius 2 is 2.07 bits per heavy atom. The van der Waals surface area contributed by atoms with E-state index in [-0.39, 0.29) is 5.75 Å². The quantitative estimate of drug-likeness (QED) is 0.729. The van der Waals surface area contributed by atoms with Crippen molar-refractivity contribution >= 4 is 22.5 Å². The van der Waals surface area contributed by atoms with Gasteiger partial charge < -0.3 is 9.30 Å². The van der Waals surface area contributed by atoms with Crippen molar-refractivity contribution < 1.29 is 9.13 Å². The first-order valence-corrected chi connectivity index (χ1v) is 4.92. The number of rotatable bonds is 1. The maximum Gasteiger partial charge on any atom is 0.167 e. The normalized spacial score (nSPS) is 11.0. The van der Waals surface area contributed by atoms with E-state index in [1.807, 2.05) is 24.6 Å². The van der Waals surface area contributed by atoms with Gasteiger partial charge in [0.25, 0.3) is 0 Å². The zero-order valence-corrected chi connectivity index (χ0v) is 9.52. The first-order valence-electron chi connectivity index (χ1n) is 4.54. The van der Waals surface area contributed by atoms with Gasteiger partial charge in [0, 0.05) is 18.1 Å². The summed E-state index contributed by atoms with van der Waals surface area (Å²) in [4.78, 5) is 0. The molecular weight excluding hydrogens is 217 g/mol. The van der Waals surface area contributed by atoms with Crippen LogP contribution in [-0.4, -0.2) is 11.7 Å². The van der Waals surface area contributed by atoms with Crippen molar-refractivity contribution in [2.45, 2.75) is 6.92 Å². The van der Waals surface area contributed by atoms with Crippen LogP contribution >= 0.6 is 11.6 Å². The fourth-order valence-electron chi connectivity index (χ4n) is 1.77. The second-order valence-corrected chi connectivity index (χ2v) is 3.89. The summed E-state index contributed by atoms with van der Waals surface area (Å²) in [5, 5.41) is 1.11. The SMILES string of the molecule is COc1c(F)cc(Cl)c2c1cc(C)n2C. The van der Waals surface area contributed by atoms with Gasteiger partial charge in [-0.15, -0.1) is 0 Å². The lowest BCUT2D eigenvalue weighted by Gasteiger charge is -2.06. The van der Waals surface area contributed by atoms with Crippen LogP contribution in [-0.2, 0) is 7.05 Å². The van der Waals surface area contributed by atoms with Crippen LogP contribution in [0.3, 0.4) is 0 Å². The van der Waals surface area contributed by atoms with Gasteiger partial charge in [-0.05, 0) is 19.1 Å². The van der Waals surface area contributed by atoms with E-state index >= 15 is 0 Å². The van der Waals surface area contributed by atoms with E-state index in [9.17, 15) is 4.39 Å². The Kier molecular flexibility index (Phi) is 2.35. The van der Waals surface area contributed by atoms with Gasteiger partial charge in [0.1, 0.15) is 0 Å². The molecule has 0 spiro atoms. The fraction of sp³-hybridized carbons (Fsp3) is 0.273. The van der Waals surface area contributed by atoms with Crippen molar-refractivity contribution in [1.29, 1.82) is 0 Å². The van der Waals surface area contributed by atoms with Gasteiger partial charge in [-0.1, -0.05) is 11.6 Å². The molecule has 0 amide bonds. The average molecular weight is 228 g/mol. The predicted molar refractivity (Wildman–Crippen MR) is 59.2 cm³/mol. The molecule has 0 unspecified atom stereocenters. The lowest BCUT2D eigenvalue weighted by atomic mass is 10.2. The monoisotopic (exact) mass is 227 g/mol. The van der Waals surface area contributed by atoms with Crippen LogP contribution in [0.2, 0.25) is 5.02 Å². The van der Waals surface area contributed by atoms with Crippen molar-refractivity contribution in [3.8, 4) is 5.75 Å². The molecule has 0 radical (unpaired) electrons. The summed E-state index contributed by atoms with van der Waals surface area (Å²) in [6, 6.07) is 3.14. The molecule has 0 N–H and O–H groups in total. The first-order chi connectivity index (χ1) is 7.06. The molecule has 2 rings (SSSR count). The number of nitrogens with zero attached hydrogens (tertiary/aromatic N) is 1. The van der Waals surface area contributed by atoms with E-state index in [4.69, 9.17) is 16.3 Å². The lowest BCUT2D eigenvalue weighted by Crippen LogP contribution is -1.93. The topological polar surface area (TPSA) is 14.2 Å². The van der Waals surface area contributed by atoms with Crippen LogP contribution in [0.1, 0.15) is 5.69 Å². The summed E-state index contributed by atoms with van der Waals surface area (Å²) in [6.07, 6.45) is 0. The van der Waals surface area contributed by atoms with Gasteiger partial charge >= 0.3 is 0 Å². The number of hydrogen-bond acceptors (Lipinski definition) is 1. The van der Waals surface area contributed by atoms with Gasteiger partial charge in [0.15, 0.2) is 11.6 Å². The van der Waals surface area contributed by atoms with E-state index in [1.165, 1.54) is 13.2 Å². The fourth-order valence-corrected chi connectivity index (χ4v) is 2.10. The maximum atomic E-state index is 13.5. The predicted octanol–water partition coefficient (Wildman–Crippen LogP) is 3.29. The van der Waals surface area contributed by atoms with Crippen LogP contribution in [0.4, 0.5) is 4.39 Å². The number of benzene rings is 1. The van der Waals surface area contributed by atoms with Crippen LogP contribution in [0.25, 0.3) is 10.9 Å². The number of fused-ring (bicyclic) bond motifs is 1. The Balaban J connectivity index is 2.96. The number of hydrogen-bond donors (Lipinski definition) is 0. The van der Waals surface area contributed by atoms with Gasteiger partial charge in [-0.25, -0.2) is 4.39 Å². The van der Waals surface area contributed by atoms with E-state index < -0.39 is 5.82 Å². The van der Waals surface area contributed by atoms with Crippen molar-refractivity contribution in [1.82, 2.24) is 4.57 Å². The molecule has 0 aliphatic heterocycles. The second-order valence-electron chi connectivity index (χ2n) is 3.48. The van der Waals surface area contributed by atoms with Crippen LogP contribution in [0, 0.1) is 12.7 Å².